The minimum absolute atomic E-state index is 0.178. The second-order valence-corrected chi connectivity index (χ2v) is 8.24. The zero-order chi connectivity index (χ0) is 20.3. The first-order chi connectivity index (χ1) is 14.1. The summed E-state index contributed by atoms with van der Waals surface area (Å²) in [6, 6.07) is 15.9. The third kappa shape index (κ3) is 4.29. The van der Waals surface area contributed by atoms with Gasteiger partial charge in [0.15, 0.2) is 0 Å². The van der Waals surface area contributed by atoms with Crippen LogP contribution in [0.1, 0.15) is 43.2 Å². The lowest BCUT2D eigenvalue weighted by Gasteiger charge is -2.28. The topological polar surface area (TPSA) is 61.4 Å². The second kappa shape index (κ2) is 8.27. The van der Waals surface area contributed by atoms with Crippen LogP contribution in [0.15, 0.2) is 48.5 Å². The highest BCUT2D eigenvalue weighted by molar-refractivity contribution is 6.13. The van der Waals surface area contributed by atoms with Crippen LogP contribution >= 0.6 is 0 Å². The number of anilines is 2. The van der Waals surface area contributed by atoms with Gasteiger partial charge in [-0.25, -0.2) is 0 Å². The summed E-state index contributed by atoms with van der Waals surface area (Å²) in [5.41, 5.74) is 3.23. The van der Waals surface area contributed by atoms with Gasteiger partial charge < -0.3 is 15.5 Å². The molecule has 2 aliphatic rings. The Morgan fingerprint density at radius 3 is 2.28 bits per heavy atom. The average Bonchev–Trinajstić information content (AvgIpc) is 3.56. The van der Waals surface area contributed by atoms with E-state index in [2.05, 4.69) is 27.7 Å². The van der Waals surface area contributed by atoms with E-state index < -0.39 is 5.41 Å². The molecular weight excluding hydrogens is 362 g/mol. The maximum atomic E-state index is 12.8. The number of nitrogens with zero attached hydrogens (tertiary/aromatic N) is 1. The number of rotatable bonds is 6. The fraction of sp³-hybridized carbons (Fsp3) is 0.417. The minimum atomic E-state index is -0.922. The number of carbonyl (C=O) groups is 2. The monoisotopic (exact) mass is 391 g/mol. The van der Waals surface area contributed by atoms with Crippen LogP contribution in [0, 0.1) is 12.3 Å². The predicted octanol–water partition coefficient (Wildman–Crippen LogP) is 4.02. The summed E-state index contributed by atoms with van der Waals surface area (Å²) in [5.74, 6) is -0.381. The molecule has 2 aromatic rings. The number of nitrogens with one attached hydrogen (secondary N) is 2. The zero-order valence-electron chi connectivity index (χ0n) is 17.0. The summed E-state index contributed by atoms with van der Waals surface area (Å²) in [7, 11) is 0. The lowest BCUT2D eigenvalue weighted by molar-refractivity contribution is -0.134. The molecule has 0 radical (unpaired) electrons. The lowest BCUT2D eigenvalue weighted by atomic mass is 10.0. The van der Waals surface area contributed by atoms with Crippen LogP contribution in [0.25, 0.3) is 0 Å². The molecule has 1 aliphatic heterocycles. The molecule has 2 fully saturated rings. The summed E-state index contributed by atoms with van der Waals surface area (Å²) >= 11 is 0. The first kappa shape index (κ1) is 19.5. The van der Waals surface area contributed by atoms with Gasteiger partial charge in [-0.15, -0.1) is 0 Å². The number of hydrogen-bond donors (Lipinski definition) is 2. The number of benzene rings is 2. The number of hydrogen-bond acceptors (Lipinski definition) is 3. The first-order valence-corrected chi connectivity index (χ1v) is 10.6. The van der Waals surface area contributed by atoms with Crippen LogP contribution in [0.2, 0.25) is 0 Å². The van der Waals surface area contributed by atoms with Crippen LogP contribution in [-0.4, -0.2) is 24.9 Å². The van der Waals surface area contributed by atoms with E-state index in [9.17, 15) is 9.59 Å². The van der Waals surface area contributed by atoms with E-state index in [0.717, 1.165) is 29.9 Å². The largest absolute Gasteiger partial charge is 0.372 e. The van der Waals surface area contributed by atoms with E-state index in [1.807, 2.05) is 43.3 Å². The van der Waals surface area contributed by atoms with Gasteiger partial charge in [-0.1, -0.05) is 24.3 Å². The van der Waals surface area contributed by atoms with Gasteiger partial charge in [0.05, 0.1) is 0 Å². The van der Waals surface area contributed by atoms with Gasteiger partial charge in [0.25, 0.3) is 0 Å². The first-order valence-electron chi connectivity index (χ1n) is 10.6. The van der Waals surface area contributed by atoms with Crippen LogP contribution in [0.5, 0.6) is 0 Å². The van der Waals surface area contributed by atoms with Crippen LogP contribution in [-0.2, 0) is 16.1 Å². The molecule has 29 heavy (non-hydrogen) atoms. The quantitative estimate of drug-likeness (QED) is 0.731. The molecule has 5 heteroatoms. The minimum Gasteiger partial charge on any atom is -0.372 e. The van der Waals surface area contributed by atoms with Crippen molar-refractivity contribution in [2.75, 3.05) is 23.3 Å². The molecule has 1 saturated carbocycles. The molecule has 2 aromatic carbocycles. The fourth-order valence-corrected chi connectivity index (χ4v) is 3.99. The van der Waals surface area contributed by atoms with Crippen molar-refractivity contribution in [2.45, 2.75) is 45.6 Å². The molecule has 0 aromatic heterocycles. The molecule has 0 bridgehead atoms. The van der Waals surface area contributed by atoms with Crippen molar-refractivity contribution in [3.8, 4) is 0 Å². The number of aryl methyl sites for hydroxylation is 1. The molecule has 1 heterocycles. The van der Waals surface area contributed by atoms with Crippen LogP contribution < -0.4 is 15.5 Å². The number of carbonyl (C=O) groups excluding carboxylic acids is 2. The SMILES string of the molecule is Cc1ccccc1CNC(=O)C1(C(=O)Nc2ccc(N3CCCCC3)cc2)CC1. The molecule has 4 rings (SSSR count). The maximum absolute atomic E-state index is 12.8. The zero-order valence-corrected chi connectivity index (χ0v) is 17.0. The van der Waals surface area contributed by atoms with Gasteiger partial charge in [-0.2, -0.15) is 0 Å². The maximum Gasteiger partial charge on any atom is 0.240 e. The molecule has 152 valence electrons. The smallest absolute Gasteiger partial charge is 0.240 e. The predicted molar refractivity (Wildman–Crippen MR) is 116 cm³/mol. The molecule has 0 spiro atoms. The summed E-state index contributed by atoms with van der Waals surface area (Å²) in [6.45, 7) is 4.66. The standard InChI is InChI=1S/C24H29N3O2/c1-18-7-3-4-8-19(18)17-25-22(28)24(13-14-24)23(29)26-20-9-11-21(12-10-20)27-15-5-2-6-16-27/h3-4,7-12H,2,5-6,13-17H2,1H3,(H,25,28)(H,26,29). The van der Waals surface area contributed by atoms with Gasteiger partial charge in [-0.3, -0.25) is 9.59 Å². The van der Waals surface area contributed by atoms with E-state index >= 15 is 0 Å². The molecular formula is C24H29N3O2. The average molecular weight is 392 g/mol. The van der Waals surface area contributed by atoms with E-state index in [1.165, 1.54) is 24.9 Å². The Hall–Kier alpha value is -2.82. The van der Waals surface area contributed by atoms with E-state index in [0.29, 0.717) is 19.4 Å². The van der Waals surface area contributed by atoms with E-state index in [-0.39, 0.29) is 11.8 Å². The molecule has 0 unspecified atom stereocenters. The fourth-order valence-electron chi connectivity index (χ4n) is 3.99. The third-order valence-electron chi connectivity index (χ3n) is 6.17. The summed E-state index contributed by atoms with van der Waals surface area (Å²) in [6.07, 6.45) is 4.98. The van der Waals surface area contributed by atoms with Gasteiger partial charge in [0, 0.05) is 31.0 Å². The number of amides is 2. The Morgan fingerprint density at radius 1 is 0.931 bits per heavy atom. The summed E-state index contributed by atoms with van der Waals surface area (Å²) < 4.78 is 0. The van der Waals surface area contributed by atoms with E-state index in [4.69, 9.17) is 0 Å². The Balaban J connectivity index is 1.35. The van der Waals surface area contributed by atoms with Crippen molar-refractivity contribution in [2.24, 2.45) is 5.41 Å². The highest BCUT2D eigenvalue weighted by Gasteiger charge is 2.56. The van der Waals surface area contributed by atoms with E-state index in [1.54, 1.807) is 0 Å². The second-order valence-electron chi connectivity index (χ2n) is 8.24. The van der Waals surface area contributed by atoms with Crippen LogP contribution in [0.4, 0.5) is 11.4 Å². The van der Waals surface area contributed by atoms with Crippen molar-refractivity contribution in [1.82, 2.24) is 5.32 Å². The lowest BCUT2D eigenvalue weighted by Crippen LogP contribution is -2.39. The Kier molecular flexibility index (Phi) is 5.56. The van der Waals surface area contributed by atoms with Gasteiger partial charge in [-0.05, 0) is 74.4 Å². The Morgan fingerprint density at radius 2 is 1.62 bits per heavy atom. The Labute approximate surface area is 172 Å². The van der Waals surface area contributed by atoms with Crippen LogP contribution in [0.3, 0.4) is 0 Å². The molecule has 0 atom stereocenters. The molecule has 5 nitrogen and oxygen atoms in total. The van der Waals surface area contributed by atoms with Crippen molar-refractivity contribution in [3.63, 3.8) is 0 Å². The highest BCUT2D eigenvalue weighted by atomic mass is 16.2. The highest BCUT2D eigenvalue weighted by Crippen LogP contribution is 2.47. The molecule has 2 N–H and O–H groups in total. The summed E-state index contributed by atoms with van der Waals surface area (Å²) in [4.78, 5) is 27.9. The molecule has 1 saturated heterocycles. The normalized spacial score (nSPS) is 17.5. The van der Waals surface area contributed by atoms with Gasteiger partial charge in [0.2, 0.25) is 11.8 Å². The molecule has 2 amide bonds. The summed E-state index contributed by atoms with van der Waals surface area (Å²) in [5, 5.41) is 5.90. The van der Waals surface area contributed by atoms with Crippen molar-refractivity contribution < 1.29 is 9.59 Å². The van der Waals surface area contributed by atoms with Gasteiger partial charge >= 0.3 is 0 Å². The Bertz CT molecular complexity index is 881. The van der Waals surface area contributed by atoms with Gasteiger partial charge in [0.1, 0.15) is 5.41 Å². The number of piperidine rings is 1. The molecule has 1 aliphatic carbocycles. The van der Waals surface area contributed by atoms with Crippen molar-refractivity contribution in [3.05, 3.63) is 59.7 Å². The van der Waals surface area contributed by atoms with Crippen molar-refractivity contribution in [1.29, 1.82) is 0 Å². The van der Waals surface area contributed by atoms with Crippen molar-refractivity contribution >= 4 is 23.2 Å². The third-order valence-corrected chi connectivity index (χ3v) is 6.17.